The molecule has 0 radical (unpaired) electrons. The summed E-state index contributed by atoms with van der Waals surface area (Å²) in [5, 5.41) is 16.1. The Kier molecular flexibility index (Phi) is 8.08. The van der Waals surface area contributed by atoms with Gasteiger partial charge in [0.2, 0.25) is 0 Å². The fraction of sp³-hybridized carbons (Fsp3) is 0.321. The highest BCUT2D eigenvalue weighted by Crippen LogP contribution is 2.25. The summed E-state index contributed by atoms with van der Waals surface area (Å²) < 4.78 is 19.1. The van der Waals surface area contributed by atoms with Crippen LogP contribution in [0.25, 0.3) is 0 Å². The molecule has 2 unspecified atom stereocenters. The number of aliphatic carboxylic acids is 1. The molecule has 39 heavy (non-hydrogen) atoms. The monoisotopic (exact) mass is 536 g/mol. The Morgan fingerprint density at radius 3 is 2.36 bits per heavy atom. The minimum Gasteiger partial charge on any atom is -0.481 e. The van der Waals surface area contributed by atoms with E-state index < -0.39 is 48.1 Å². The van der Waals surface area contributed by atoms with Crippen LogP contribution in [-0.2, 0) is 9.59 Å². The molecule has 0 aliphatic carbocycles. The summed E-state index contributed by atoms with van der Waals surface area (Å²) in [5.41, 5.74) is 1.95. The molecule has 1 aromatic heterocycles. The molecule has 1 aliphatic rings. The minimum atomic E-state index is -1.43. The predicted molar refractivity (Wildman–Crippen MR) is 137 cm³/mol. The van der Waals surface area contributed by atoms with E-state index in [1.807, 2.05) is 13.0 Å². The summed E-state index contributed by atoms with van der Waals surface area (Å²) in [7, 11) is 0. The molecule has 1 saturated heterocycles. The zero-order valence-corrected chi connectivity index (χ0v) is 21.8. The van der Waals surface area contributed by atoms with Gasteiger partial charge in [-0.2, -0.15) is 0 Å². The zero-order chi connectivity index (χ0) is 28.3. The highest BCUT2D eigenvalue weighted by atomic mass is 19.1. The normalized spacial score (nSPS) is 16.1. The maximum Gasteiger partial charge on any atom is 0.305 e. The Bertz CT molecular complexity index is 1400. The Labute approximate surface area is 224 Å². The summed E-state index contributed by atoms with van der Waals surface area (Å²) in [5.74, 6) is -3.45. The van der Waals surface area contributed by atoms with Gasteiger partial charge in [0, 0.05) is 18.7 Å². The zero-order valence-electron chi connectivity index (χ0n) is 21.8. The lowest BCUT2D eigenvalue weighted by atomic mass is 10.0. The summed E-state index contributed by atoms with van der Waals surface area (Å²) in [6.07, 6.45) is -1.50. The summed E-state index contributed by atoms with van der Waals surface area (Å²) in [6.45, 7) is 5.27. The molecule has 2 aromatic carbocycles. The Hall–Kier alpha value is -4.54. The summed E-state index contributed by atoms with van der Waals surface area (Å²) in [4.78, 5) is 55.3. The van der Waals surface area contributed by atoms with Gasteiger partial charge in [-0.05, 0) is 51.0 Å². The molecule has 2 heterocycles. The van der Waals surface area contributed by atoms with E-state index >= 15 is 0 Å². The van der Waals surface area contributed by atoms with Crippen molar-refractivity contribution in [2.75, 3.05) is 13.1 Å². The van der Waals surface area contributed by atoms with Gasteiger partial charge in [-0.25, -0.2) is 4.39 Å². The fourth-order valence-corrected chi connectivity index (χ4v) is 4.81. The van der Waals surface area contributed by atoms with Gasteiger partial charge in [0.25, 0.3) is 17.7 Å². The molecular weight excluding hydrogens is 507 g/mol. The molecule has 4 rings (SSSR count). The molecule has 3 amide bonds. The second-order valence-corrected chi connectivity index (χ2v) is 9.51. The number of aromatic nitrogens is 1. The lowest BCUT2D eigenvalue weighted by molar-refractivity contribution is -0.138. The van der Waals surface area contributed by atoms with Crippen LogP contribution in [0.15, 0.2) is 53.1 Å². The maximum absolute atomic E-state index is 14.0. The van der Waals surface area contributed by atoms with Crippen LogP contribution >= 0.6 is 0 Å². The smallest absolute Gasteiger partial charge is 0.305 e. The standard InChI is InChI=1S/C28H29FN4O6/c1-16-7-4-8-19(13-16)22(15-23(34)35)30-25(36)26-32(27(37)20-9-5-10-21(29)14-20)11-6-12-33(26)28(38)24-17(2)31-39-18(24)3/h4-5,7-10,13-14,22,26H,6,11-12,15H2,1-3H3,(H,30,36)(H,34,35). The molecule has 1 fully saturated rings. The molecule has 2 N–H and O–H groups in total. The van der Waals surface area contributed by atoms with E-state index in [1.165, 1.54) is 28.0 Å². The van der Waals surface area contributed by atoms with Crippen molar-refractivity contribution in [2.24, 2.45) is 0 Å². The highest BCUT2D eigenvalue weighted by molar-refractivity contribution is 6.02. The number of nitrogens with zero attached hydrogens (tertiary/aromatic N) is 3. The van der Waals surface area contributed by atoms with E-state index in [0.717, 1.165) is 11.6 Å². The van der Waals surface area contributed by atoms with E-state index in [0.29, 0.717) is 17.7 Å². The molecule has 11 heteroatoms. The van der Waals surface area contributed by atoms with Crippen molar-refractivity contribution in [1.29, 1.82) is 0 Å². The fourth-order valence-electron chi connectivity index (χ4n) is 4.81. The highest BCUT2D eigenvalue weighted by Gasteiger charge is 2.42. The Morgan fingerprint density at radius 2 is 1.74 bits per heavy atom. The lowest BCUT2D eigenvalue weighted by Crippen LogP contribution is -2.63. The third-order valence-corrected chi connectivity index (χ3v) is 6.60. The van der Waals surface area contributed by atoms with Gasteiger partial charge in [-0.15, -0.1) is 0 Å². The van der Waals surface area contributed by atoms with Crippen molar-refractivity contribution < 1.29 is 33.2 Å². The first-order chi connectivity index (χ1) is 18.6. The van der Waals surface area contributed by atoms with E-state index in [2.05, 4.69) is 10.5 Å². The van der Waals surface area contributed by atoms with Crippen molar-refractivity contribution in [1.82, 2.24) is 20.3 Å². The van der Waals surface area contributed by atoms with Crippen molar-refractivity contribution in [3.05, 3.63) is 88.1 Å². The van der Waals surface area contributed by atoms with Gasteiger partial charge in [0.15, 0.2) is 6.17 Å². The molecule has 0 spiro atoms. The van der Waals surface area contributed by atoms with Gasteiger partial charge in [-0.1, -0.05) is 41.1 Å². The van der Waals surface area contributed by atoms with E-state index in [9.17, 15) is 28.7 Å². The molecule has 204 valence electrons. The summed E-state index contributed by atoms with van der Waals surface area (Å²) in [6, 6.07) is 11.2. The van der Waals surface area contributed by atoms with Crippen LogP contribution in [0.5, 0.6) is 0 Å². The summed E-state index contributed by atoms with van der Waals surface area (Å²) >= 11 is 0. The van der Waals surface area contributed by atoms with Crippen LogP contribution in [0.1, 0.15) is 62.2 Å². The number of nitrogens with one attached hydrogen (secondary N) is 1. The van der Waals surface area contributed by atoms with Crippen LogP contribution in [0.4, 0.5) is 4.39 Å². The molecular formula is C28H29FN4O6. The van der Waals surface area contributed by atoms with Crippen LogP contribution < -0.4 is 5.32 Å². The number of carbonyl (C=O) groups is 4. The third kappa shape index (κ3) is 5.97. The van der Waals surface area contributed by atoms with Crippen LogP contribution in [0.3, 0.4) is 0 Å². The number of hydrogen-bond acceptors (Lipinski definition) is 6. The average Bonchev–Trinajstić information content (AvgIpc) is 3.24. The van der Waals surface area contributed by atoms with Crippen LogP contribution in [0, 0.1) is 26.6 Å². The third-order valence-electron chi connectivity index (χ3n) is 6.60. The van der Waals surface area contributed by atoms with Crippen molar-refractivity contribution in [2.45, 2.75) is 45.8 Å². The Morgan fingerprint density at radius 1 is 1.05 bits per heavy atom. The molecule has 1 aliphatic heterocycles. The molecule has 2 atom stereocenters. The first-order valence-electron chi connectivity index (χ1n) is 12.5. The number of halogens is 1. The van der Waals surface area contributed by atoms with Crippen LogP contribution in [-0.4, -0.2) is 63.0 Å². The number of amides is 3. The number of benzene rings is 2. The maximum atomic E-state index is 14.0. The first kappa shape index (κ1) is 27.5. The quantitative estimate of drug-likeness (QED) is 0.473. The SMILES string of the molecule is Cc1cccc(C(CC(=O)O)NC(=O)C2N(C(=O)c3cccc(F)c3)CCCN2C(=O)c2c(C)noc2C)c1. The lowest BCUT2D eigenvalue weighted by Gasteiger charge is -2.43. The van der Waals surface area contributed by atoms with Gasteiger partial charge in [0.05, 0.1) is 18.2 Å². The van der Waals surface area contributed by atoms with E-state index in [-0.39, 0.29) is 30.0 Å². The Balaban J connectivity index is 1.74. The van der Waals surface area contributed by atoms with Crippen LogP contribution in [0.2, 0.25) is 0 Å². The van der Waals surface area contributed by atoms with Crippen molar-refractivity contribution in [3.63, 3.8) is 0 Å². The van der Waals surface area contributed by atoms with Gasteiger partial charge in [0.1, 0.15) is 17.1 Å². The second-order valence-electron chi connectivity index (χ2n) is 9.51. The molecule has 0 saturated carbocycles. The van der Waals surface area contributed by atoms with E-state index in [4.69, 9.17) is 4.52 Å². The van der Waals surface area contributed by atoms with Crippen molar-refractivity contribution in [3.8, 4) is 0 Å². The number of aryl methyl sites for hydroxylation is 3. The largest absolute Gasteiger partial charge is 0.481 e. The van der Waals surface area contributed by atoms with E-state index in [1.54, 1.807) is 32.0 Å². The van der Waals surface area contributed by atoms with Gasteiger partial charge >= 0.3 is 5.97 Å². The van der Waals surface area contributed by atoms with Crippen molar-refractivity contribution >= 4 is 23.7 Å². The molecule has 10 nitrogen and oxygen atoms in total. The number of carboxylic acid groups (broad SMARTS) is 1. The molecule has 3 aromatic rings. The average molecular weight is 537 g/mol. The predicted octanol–water partition coefficient (Wildman–Crippen LogP) is 3.39. The topological polar surface area (TPSA) is 133 Å². The van der Waals surface area contributed by atoms with Gasteiger partial charge < -0.3 is 24.7 Å². The first-order valence-corrected chi connectivity index (χ1v) is 12.5. The van der Waals surface area contributed by atoms with Gasteiger partial charge in [-0.3, -0.25) is 19.2 Å². The number of hydrogen-bond donors (Lipinski definition) is 2. The number of carbonyl (C=O) groups excluding carboxylic acids is 3. The second kappa shape index (κ2) is 11.5. The number of carboxylic acids is 1. The minimum absolute atomic E-state index is 0.0141. The number of rotatable bonds is 7. The molecule has 0 bridgehead atoms.